The van der Waals surface area contributed by atoms with Crippen molar-refractivity contribution in [3.05, 3.63) is 14.9 Å². The van der Waals surface area contributed by atoms with Gasteiger partial charge in [-0.2, -0.15) is 0 Å². The molecule has 0 bridgehead atoms. The highest BCUT2D eigenvalue weighted by atomic mass is 79.9. The van der Waals surface area contributed by atoms with Crippen molar-refractivity contribution in [1.29, 1.82) is 0 Å². The van der Waals surface area contributed by atoms with Crippen LogP contribution in [0.5, 0.6) is 0 Å². The topological polar surface area (TPSA) is 58.6 Å². The first-order chi connectivity index (χ1) is 9.38. The van der Waals surface area contributed by atoms with Crippen LogP contribution in [0.2, 0.25) is 5.02 Å². The molecule has 114 valence electrons. The summed E-state index contributed by atoms with van der Waals surface area (Å²) in [6.45, 7) is 5.60. The standard InChI is InChI=1S/C11H16BrClN2O3S2/c1-8(7-15-2-4-18-5-3-15)14-20(16,17)10-6-9(13)11(12)19-10/h6,8,14H,2-5,7H2,1H3. The number of halogens is 2. The maximum absolute atomic E-state index is 12.2. The first-order valence-corrected chi connectivity index (χ1v) is 9.63. The normalized spacial score (nSPS) is 19.1. The summed E-state index contributed by atoms with van der Waals surface area (Å²) in [5, 5.41) is 0.413. The minimum atomic E-state index is -3.52. The van der Waals surface area contributed by atoms with Crippen molar-refractivity contribution in [2.75, 3.05) is 32.8 Å². The lowest BCUT2D eigenvalue weighted by atomic mass is 10.3. The third-order valence-corrected chi connectivity index (χ3v) is 7.42. The molecule has 0 radical (unpaired) electrons. The Bertz CT molecular complexity index is 539. The predicted molar refractivity (Wildman–Crippen MR) is 84.1 cm³/mol. The summed E-state index contributed by atoms with van der Waals surface area (Å²) in [6, 6.07) is 1.29. The Balaban J connectivity index is 1.96. The van der Waals surface area contributed by atoms with Crippen LogP contribution in [0.1, 0.15) is 6.92 Å². The van der Waals surface area contributed by atoms with Crippen molar-refractivity contribution in [3.63, 3.8) is 0 Å². The van der Waals surface area contributed by atoms with Gasteiger partial charge in [0.15, 0.2) is 0 Å². The monoisotopic (exact) mass is 402 g/mol. The number of morpholine rings is 1. The zero-order chi connectivity index (χ0) is 14.8. The first-order valence-electron chi connectivity index (χ1n) is 6.16. The Kier molecular flexibility index (Phi) is 5.87. The molecule has 1 atom stereocenters. The van der Waals surface area contributed by atoms with Crippen molar-refractivity contribution in [3.8, 4) is 0 Å². The summed E-state index contributed by atoms with van der Waals surface area (Å²) in [6.07, 6.45) is 0. The van der Waals surface area contributed by atoms with E-state index in [0.717, 1.165) is 24.4 Å². The lowest BCUT2D eigenvalue weighted by molar-refractivity contribution is 0.0354. The molecule has 2 rings (SSSR count). The van der Waals surface area contributed by atoms with Crippen LogP contribution in [-0.4, -0.2) is 52.2 Å². The lowest BCUT2D eigenvalue weighted by Gasteiger charge is -2.29. The fraction of sp³-hybridized carbons (Fsp3) is 0.636. The van der Waals surface area contributed by atoms with Crippen LogP contribution in [0.25, 0.3) is 0 Å². The molecule has 20 heavy (non-hydrogen) atoms. The van der Waals surface area contributed by atoms with E-state index in [1.807, 2.05) is 6.92 Å². The average Bonchev–Trinajstić information content (AvgIpc) is 2.71. The fourth-order valence-electron chi connectivity index (χ4n) is 1.99. The molecule has 1 aromatic rings. The Hall–Kier alpha value is 0.300. The van der Waals surface area contributed by atoms with E-state index in [4.69, 9.17) is 16.3 Å². The predicted octanol–water partition coefficient (Wildman–Crippen LogP) is 2.16. The molecule has 0 amide bonds. The second kappa shape index (κ2) is 7.04. The number of thiophene rings is 1. The van der Waals surface area contributed by atoms with Crippen molar-refractivity contribution in [2.24, 2.45) is 0 Å². The fourth-order valence-corrected chi connectivity index (χ4v) is 5.64. The maximum atomic E-state index is 12.2. The van der Waals surface area contributed by atoms with Gasteiger partial charge < -0.3 is 4.74 Å². The van der Waals surface area contributed by atoms with Gasteiger partial charge in [0.2, 0.25) is 10.0 Å². The van der Waals surface area contributed by atoms with Crippen molar-refractivity contribution >= 4 is 48.9 Å². The van der Waals surface area contributed by atoms with Crippen LogP contribution >= 0.6 is 38.9 Å². The zero-order valence-corrected chi connectivity index (χ0v) is 14.9. The van der Waals surface area contributed by atoms with Gasteiger partial charge in [-0.05, 0) is 28.9 Å². The van der Waals surface area contributed by atoms with Gasteiger partial charge in [-0.1, -0.05) is 11.6 Å². The van der Waals surface area contributed by atoms with Crippen LogP contribution < -0.4 is 4.72 Å². The van der Waals surface area contributed by atoms with Gasteiger partial charge in [0.05, 0.1) is 22.0 Å². The SMILES string of the molecule is CC(CN1CCOCC1)NS(=O)(=O)c1cc(Cl)c(Br)s1. The molecular weight excluding hydrogens is 388 g/mol. The molecule has 2 heterocycles. The molecule has 1 N–H and O–H groups in total. The quantitative estimate of drug-likeness (QED) is 0.818. The molecule has 1 saturated heterocycles. The third-order valence-electron chi connectivity index (χ3n) is 2.88. The lowest BCUT2D eigenvalue weighted by Crippen LogP contribution is -2.45. The summed E-state index contributed by atoms with van der Waals surface area (Å²) in [7, 11) is -3.52. The molecule has 1 fully saturated rings. The van der Waals surface area contributed by atoms with Gasteiger partial charge in [0.1, 0.15) is 4.21 Å². The molecule has 0 aliphatic carbocycles. The largest absolute Gasteiger partial charge is 0.379 e. The molecule has 0 aromatic carbocycles. The Labute approximate surface area is 136 Å². The van der Waals surface area contributed by atoms with E-state index >= 15 is 0 Å². The number of nitrogens with one attached hydrogen (secondary N) is 1. The number of sulfonamides is 1. The number of hydrogen-bond donors (Lipinski definition) is 1. The van der Waals surface area contributed by atoms with Crippen LogP contribution in [0.15, 0.2) is 14.1 Å². The molecule has 1 aromatic heterocycles. The highest BCUT2D eigenvalue weighted by molar-refractivity contribution is 9.11. The molecule has 5 nitrogen and oxygen atoms in total. The van der Waals surface area contributed by atoms with E-state index in [1.54, 1.807) is 0 Å². The van der Waals surface area contributed by atoms with Crippen molar-refractivity contribution in [1.82, 2.24) is 9.62 Å². The Morgan fingerprint density at radius 3 is 2.75 bits per heavy atom. The average molecular weight is 404 g/mol. The van der Waals surface area contributed by atoms with E-state index in [9.17, 15) is 8.42 Å². The van der Waals surface area contributed by atoms with E-state index in [2.05, 4.69) is 25.6 Å². The zero-order valence-electron chi connectivity index (χ0n) is 10.9. The molecule has 1 aliphatic heterocycles. The molecule has 0 saturated carbocycles. The Morgan fingerprint density at radius 2 is 2.20 bits per heavy atom. The van der Waals surface area contributed by atoms with Gasteiger partial charge in [-0.3, -0.25) is 4.90 Å². The van der Waals surface area contributed by atoms with E-state index in [0.29, 0.717) is 28.6 Å². The molecule has 9 heteroatoms. The molecular formula is C11H16BrClN2O3S2. The van der Waals surface area contributed by atoms with Crippen molar-refractivity contribution in [2.45, 2.75) is 17.2 Å². The first kappa shape index (κ1) is 16.7. The van der Waals surface area contributed by atoms with Crippen LogP contribution in [0, 0.1) is 0 Å². The van der Waals surface area contributed by atoms with Gasteiger partial charge in [0.25, 0.3) is 0 Å². The number of ether oxygens (including phenoxy) is 1. The van der Waals surface area contributed by atoms with Gasteiger partial charge in [0, 0.05) is 25.7 Å². The van der Waals surface area contributed by atoms with E-state index < -0.39 is 10.0 Å². The van der Waals surface area contributed by atoms with E-state index in [-0.39, 0.29) is 10.3 Å². The number of hydrogen-bond acceptors (Lipinski definition) is 5. The third kappa shape index (κ3) is 4.40. The smallest absolute Gasteiger partial charge is 0.250 e. The minimum absolute atomic E-state index is 0.169. The number of nitrogens with zero attached hydrogens (tertiary/aromatic N) is 1. The van der Waals surface area contributed by atoms with Gasteiger partial charge in [-0.25, -0.2) is 13.1 Å². The Morgan fingerprint density at radius 1 is 1.55 bits per heavy atom. The van der Waals surface area contributed by atoms with Gasteiger partial charge in [-0.15, -0.1) is 11.3 Å². The minimum Gasteiger partial charge on any atom is -0.379 e. The summed E-state index contributed by atoms with van der Waals surface area (Å²) < 4.78 is 33.3. The van der Waals surface area contributed by atoms with Gasteiger partial charge >= 0.3 is 0 Å². The molecule has 0 spiro atoms. The summed E-state index contributed by atoms with van der Waals surface area (Å²) in [5.74, 6) is 0. The molecule has 1 unspecified atom stereocenters. The summed E-state index contributed by atoms with van der Waals surface area (Å²) in [4.78, 5) is 2.19. The highest BCUT2D eigenvalue weighted by Gasteiger charge is 2.23. The maximum Gasteiger partial charge on any atom is 0.250 e. The number of rotatable bonds is 5. The summed E-state index contributed by atoms with van der Waals surface area (Å²) in [5.41, 5.74) is 0. The second-order valence-corrected chi connectivity index (χ2v) is 9.34. The summed E-state index contributed by atoms with van der Waals surface area (Å²) >= 11 is 10.2. The van der Waals surface area contributed by atoms with Crippen LogP contribution in [0.4, 0.5) is 0 Å². The van der Waals surface area contributed by atoms with Crippen LogP contribution in [-0.2, 0) is 14.8 Å². The highest BCUT2D eigenvalue weighted by Crippen LogP contribution is 2.34. The van der Waals surface area contributed by atoms with Crippen molar-refractivity contribution < 1.29 is 13.2 Å². The van der Waals surface area contributed by atoms with Crippen LogP contribution in [0.3, 0.4) is 0 Å². The second-order valence-electron chi connectivity index (χ2n) is 4.62. The molecule has 1 aliphatic rings. The van der Waals surface area contributed by atoms with E-state index in [1.165, 1.54) is 6.07 Å².